The Kier molecular flexibility index (Phi) is 6.00. The van der Waals surface area contributed by atoms with Crippen LogP contribution in [0.2, 0.25) is 0 Å². The first kappa shape index (κ1) is 18.1. The van der Waals surface area contributed by atoms with Crippen LogP contribution in [0, 0.1) is 6.92 Å². The second kappa shape index (κ2) is 8.61. The Bertz CT molecular complexity index is 771. The Morgan fingerprint density at radius 2 is 1.96 bits per heavy atom. The highest BCUT2D eigenvalue weighted by Crippen LogP contribution is 2.21. The van der Waals surface area contributed by atoms with E-state index in [1.54, 1.807) is 17.0 Å². The minimum Gasteiger partial charge on any atom is -0.462 e. The number of piperidine rings is 1. The molecular weight excluding hydrogens is 328 g/mol. The van der Waals surface area contributed by atoms with Crippen LogP contribution >= 0.6 is 0 Å². The molecule has 1 aliphatic heterocycles. The molecule has 0 aliphatic carbocycles. The van der Waals surface area contributed by atoms with Crippen LogP contribution in [-0.4, -0.2) is 30.0 Å². The van der Waals surface area contributed by atoms with Crippen molar-refractivity contribution in [1.82, 2.24) is 4.98 Å². The first-order valence-corrected chi connectivity index (χ1v) is 9.13. The van der Waals surface area contributed by atoms with E-state index >= 15 is 0 Å². The molecule has 136 valence electrons. The van der Waals surface area contributed by atoms with Gasteiger partial charge in [-0.15, -0.1) is 0 Å². The zero-order valence-corrected chi connectivity index (χ0v) is 15.1. The predicted octanol–water partition coefficient (Wildman–Crippen LogP) is 3.70. The summed E-state index contributed by atoms with van der Waals surface area (Å²) in [6.45, 7) is 3.07. The highest BCUT2D eigenvalue weighted by molar-refractivity contribution is 5.95. The summed E-state index contributed by atoms with van der Waals surface area (Å²) < 4.78 is 5.34. The lowest BCUT2D eigenvalue weighted by atomic mass is 10.1. The number of aromatic nitrogens is 1. The van der Waals surface area contributed by atoms with Gasteiger partial charge in [-0.25, -0.2) is 4.79 Å². The van der Waals surface area contributed by atoms with Crippen LogP contribution in [0.3, 0.4) is 0 Å². The summed E-state index contributed by atoms with van der Waals surface area (Å²) in [4.78, 5) is 30.3. The molecule has 5 heteroatoms. The highest BCUT2D eigenvalue weighted by atomic mass is 16.5. The smallest absolute Gasteiger partial charge is 0.338 e. The molecule has 2 heterocycles. The van der Waals surface area contributed by atoms with Gasteiger partial charge >= 0.3 is 5.97 Å². The number of aryl methyl sites for hydroxylation is 2. The third kappa shape index (κ3) is 4.69. The van der Waals surface area contributed by atoms with Crippen molar-refractivity contribution in [3.05, 3.63) is 59.4 Å². The summed E-state index contributed by atoms with van der Waals surface area (Å²) in [5.41, 5.74) is 3.35. The number of esters is 1. The fourth-order valence-electron chi connectivity index (χ4n) is 3.10. The second-order valence-electron chi connectivity index (χ2n) is 6.56. The Morgan fingerprint density at radius 3 is 2.69 bits per heavy atom. The topological polar surface area (TPSA) is 59.5 Å². The summed E-state index contributed by atoms with van der Waals surface area (Å²) in [6, 6.07) is 13.0. The summed E-state index contributed by atoms with van der Waals surface area (Å²) in [7, 11) is 0. The molecule has 0 bridgehead atoms. The maximum absolute atomic E-state index is 12.1. The lowest BCUT2D eigenvalue weighted by Crippen LogP contribution is -2.35. The van der Waals surface area contributed by atoms with Crippen LogP contribution in [-0.2, 0) is 16.0 Å². The number of rotatable bonds is 6. The van der Waals surface area contributed by atoms with Gasteiger partial charge in [0.2, 0.25) is 5.91 Å². The zero-order valence-electron chi connectivity index (χ0n) is 15.1. The van der Waals surface area contributed by atoms with Crippen molar-refractivity contribution in [2.45, 2.75) is 39.0 Å². The molecule has 1 amide bonds. The molecule has 0 radical (unpaired) electrons. The summed E-state index contributed by atoms with van der Waals surface area (Å²) in [5.74, 6) is -0.185. The van der Waals surface area contributed by atoms with Gasteiger partial charge in [0.15, 0.2) is 0 Å². The van der Waals surface area contributed by atoms with Gasteiger partial charge in [-0.1, -0.05) is 6.07 Å². The molecule has 3 rings (SSSR count). The monoisotopic (exact) mass is 352 g/mol. The standard InChI is InChI=1S/C21H24N2O3/c1-16-6-4-7-18(22-16)8-5-15-26-21(25)17-10-12-19(13-11-17)23-14-3-2-9-20(23)24/h4,6-7,10-13H,2-3,5,8-9,14-15H2,1H3. The number of amides is 1. The van der Waals surface area contributed by atoms with Crippen molar-refractivity contribution in [1.29, 1.82) is 0 Å². The third-order valence-electron chi connectivity index (χ3n) is 4.49. The normalized spacial score (nSPS) is 14.3. The number of hydrogen-bond donors (Lipinski definition) is 0. The number of nitrogens with zero attached hydrogens (tertiary/aromatic N) is 2. The van der Waals surface area contributed by atoms with Gasteiger partial charge in [0.05, 0.1) is 12.2 Å². The molecule has 1 fully saturated rings. The van der Waals surface area contributed by atoms with Crippen LogP contribution < -0.4 is 4.90 Å². The van der Waals surface area contributed by atoms with Crippen LogP contribution in [0.4, 0.5) is 5.69 Å². The molecule has 1 aromatic carbocycles. The second-order valence-corrected chi connectivity index (χ2v) is 6.56. The van der Waals surface area contributed by atoms with Gasteiger partial charge in [-0.05, 0) is 69.0 Å². The van der Waals surface area contributed by atoms with Gasteiger partial charge in [-0.2, -0.15) is 0 Å². The average molecular weight is 352 g/mol. The number of carbonyl (C=O) groups is 2. The molecule has 0 N–H and O–H groups in total. The molecule has 0 saturated carbocycles. The van der Waals surface area contributed by atoms with E-state index < -0.39 is 0 Å². The van der Waals surface area contributed by atoms with Gasteiger partial charge in [0, 0.05) is 30.0 Å². The van der Waals surface area contributed by atoms with E-state index in [2.05, 4.69) is 4.98 Å². The Hall–Kier alpha value is -2.69. The first-order chi connectivity index (χ1) is 12.6. The molecule has 0 atom stereocenters. The molecule has 0 unspecified atom stereocenters. The van der Waals surface area contributed by atoms with Crippen molar-refractivity contribution in [2.75, 3.05) is 18.1 Å². The average Bonchev–Trinajstić information content (AvgIpc) is 2.66. The lowest BCUT2D eigenvalue weighted by molar-refractivity contribution is -0.119. The number of ether oxygens (including phenoxy) is 1. The molecule has 26 heavy (non-hydrogen) atoms. The maximum Gasteiger partial charge on any atom is 0.338 e. The molecule has 2 aromatic rings. The Balaban J connectivity index is 1.48. The van der Waals surface area contributed by atoms with Crippen molar-refractivity contribution < 1.29 is 14.3 Å². The number of carbonyl (C=O) groups excluding carboxylic acids is 2. The largest absolute Gasteiger partial charge is 0.462 e. The fourth-order valence-corrected chi connectivity index (χ4v) is 3.10. The Labute approximate surface area is 154 Å². The maximum atomic E-state index is 12.1. The third-order valence-corrected chi connectivity index (χ3v) is 4.49. The van der Waals surface area contributed by atoms with Gasteiger partial charge in [-0.3, -0.25) is 9.78 Å². The lowest BCUT2D eigenvalue weighted by Gasteiger charge is -2.26. The van der Waals surface area contributed by atoms with E-state index in [4.69, 9.17) is 4.74 Å². The minimum atomic E-state index is -0.335. The van der Waals surface area contributed by atoms with Crippen molar-refractivity contribution in [3.63, 3.8) is 0 Å². The summed E-state index contributed by atoms with van der Waals surface area (Å²) >= 11 is 0. The van der Waals surface area contributed by atoms with Crippen molar-refractivity contribution >= 4 is 17.6 Å². The Morgan fingerprint density at radius 1 is 1.15 bits per heavy atom. The van der Waals surface area contributed by atoms with E-state index in [0.29, 0.717) is 18.6 Å². The molecular formula is C21H24N2O3. The minimum absolute atomic E-state index is 0.149. The first-order valence-electron chi connectivity index (χ1n) is 9.13. The summed E-state index contributed by atoms with van der Waals surface area (Å²) in [6.07, 6.45) is 4.09. The van der Waals surface area contributed by atoms with E-state index in [1.807, 2.05) is 37.3 Å². The van der Waals surface area contributed by atoms with Crippen molar-refractivity contribution in [3.8, 4) is 0 Å². The van der Waals surface area contributed by atoms with E-state index in [0.717, 1.165) is 49.3 Å². The predicted molar refractivity (Wildman–Crippen MR) is 100 cm³/mol. The van der Waals surface area contributed by atoms with Crippen LogP contribution in [0.5, 0.6) is 0 Å². The number of hydrogen-bond acceptors (Lipinski definition) is 4. The van der Waals surface area contributed by atoms with Gasteiger partial charge < -0.3 is 9.64 Å². The molecule has 1 aliphatic rings. The quantitative estimate of drug-likeness (QED) is 0.587. The van der Waals surface area contributed by atoms with Crippen LogP contribution in [0.25, 0.3) is 0 Å². The van der Waals surface area contributed by atoms with Crippen LogP contribution in [0.15, 0.2) is 42.5 Å². The number of benzene rings is 1. The van der Waals surface area contributed by atoms with Crippen LogP contribution in [0.1, 0.15) is 47.4 Å². The summed E-state index contributed by atoms with van der Waals surface area (Å²) in [5, 5.41) is 0. The van der Waals surface area contributed by atoms with E-state index in [9.17, 15) is 9.59 Å². The molecule has 1 aromatic heterocycles. The fraction of sp³-hybridized carbons (Fsp3) is 0.381. The van der Waals surface area contributed by atoms with Gasteiger partial charge in [0.1, 0.15) is 0 Å². The number of anilines is 1. The molecule has 5 nitrogen and oxygen atoms in total. The van der Waals surface area contributed by atoms with E-state index in [-0.39, 0.29) is 11.9 Å². The molecule has 1 saturated heterocycles. The number of pyridine rings is 1. The highest BCUT2D eigenvalue weighted by Gasteiger charge is 2.19. The zero-order chi connectivity index (χ0) is 18.4. The van der Waals surface area contributed by atoms with Gasteiger partial charge in [0.25, 0.3) is 0 Å². The van der Waals surface area contributed by atoms with Crippen molar-refractivity contribution in [2.24, 2.45) is 0 Å². The SMILES string of the molecule is Cc1cccc(CCCOC(=O)c2ccc(N3CCCCC3=O)cc2)n1. The molecule has 0 spiro atoms. The van der Waals surface area contributed by atoms with E-state index in [1.165, 1.54) is 0 Å².